The minimum absolute atomic E-state index is 0.131. The third kappa shape index (κ3) is 5.38. The summed E-state index contributed by atoms with van der Waals surface area (Å²) in [4.78, 5) is 12.1. The Bertz CT molecular complexity index is 471. The Morgan fingerprint density at radius 3 is 2.57 bits per heavy atom. The lowest BCUT2D eigenvalue weighted by atomic mass is 10.1. The molecule has 4 heteroatoms. The van der Waals surface area contributed by atoms with Gasteiger partial charge in [0, 0.05) is 11.6 Å². The number of rotatable bonds is 7. The van der Waals surface area contributed by atoms with Crippen molar-refractivity contribution in [2.24, 2.45) is 0 Å². The molecule has 1 aromatic rings. The average Bonchev–Trinajstić information content (AvgIpc) is 2.38. The topological polar surface area (TPSA) is 58.6 Å². The number of hydrogen-bond donors (Lipinski definition) is 2. The van der Waals surface area contributed by atoms with E-state index in [9.17, 15) is 9.90 Å². The Morgan fingerprint density at radius 1 is 1.33 bits per heavy atom. The lowest BCUT2D eigenvalue weighted by Crippen LogP contribution is -2.41. The van der Waals surface area contributed by atoms with Gasteiger partial charge in [-0.05, 0) is 45.7 Å². The number of carbonyl (C=O) groups excluding carboxylic acids is 1. The largest absolute Gasteiger partial charge is 0.481 e. The third-order valence-corrected chi connectivity index (χ3v) is 3.40. The first-order chi connectivity index (χ1) is 9.85. The first kappa shape index (κ1) is 17.5. The molecule has 0 aliphatic heterocycles. The fraction of sp³-hybridized carbons (Fsp3) is 0.588. The molecule has 1 aromatic carbocycles. The molecule has 0 radical (unpaired) electrons. The zero-order chi connectivity index (χ0) is 16.0. The lowest BCUT2D eigenvalue weighted by Gasteiger charge is -2.21. The summed E-state index contributed by atoms with van der Waals surface area (Å²) in [5, 5.41) is 12.7. The van der Waals surface area contributed by atoms with Crippen LogP contribution in [0.4, 0.5) is 0 Å². The van der Waals surface area contributed by atoms with Crippen molar-refractivity contribution in [1.82, 2.24) is 5.32 Å². The Balaban J connectivity index is 2.76. The van der Waals surface area contributed by atoms with Gasteiger partial charge in [-0.25, -0.2) is 0 Å². The molecule has 2 unspecified atom stereocenters. The van der Waals surface area contributed by atoms with Crippen LogP contribution in [0.3, 0.4) is 0 Å². The minimum Gasteiger partial charge on any atom is -0.481 e. The van der Waals surface area contributed by atoms with E-state index in [0.717, 1.165) is 18.4 Å². The van der Waals surface area contributed by atoms with Gasteiger partial charge in [0.25, 0.3) is 5.91 Å². The minimum atomic E-state index is -0.630. The summed E-state index contributed by atoms with van der Waals surface area (Å²) in [6, 6.07) is 5.74. The van der Waals surface area contributed by atoms with Crippen LogP contribution in [0.15, 0.2) is 18.2 Å². The van der Waals surface area contributed by atoms with Crippen molar-refractivity contribution < 1.29 is 14.6 Å². The van der Waals surface area contributed by atoms with Gasteiger partial charge in [-0.2, -0.15) is 0 Å². The zero-order valence-corrected chi connectivity index (χ0v) is 13.6. The summed E-state index contributed by atoms with van der Waals surface area (Å²) in [5.74, 6) is 0.435. The molecule has 0 fully saturated rings. The van der Waals surface area contributed by atoms with Gasteiger partial charge in [0.1, 0.15) is 5.75 Å². The second-order valence-electron chi connectivity index (χ2n) is 5.68. The van der Waals surface area contributed by atoms with Crippen LogP contribution in [-0.2, 0) is 4.79 Å². The summed E-state index contributed by atoms with van der Waals surface area (Å²) in [6.07, 6.45) is 0.751. The van der Waals surface area contributed by atoms with Crippen molar-refractivity contribution in [3.63, 3.8) is 0 Å². The predicted octanol–water partition coefficient (Wildman–Crippen LogP) is 3.12. The molecule has 2 N–H and O–H groups in total. The van der Waals surface area contributed by atoms with Gasteiger partial charge in [0.2, 0.25) is 0 Å². The van der Waals surface area contributed by atoms with Gasteiger partial charge < -0.3 is 15.2 Å². The molecule has 3 atom stereocenters. The summed E-state index contributed by atoms with van der Waals surface area (Å²) in [7, 11) is 0. The van der Waals surface area contributed by atoms with E-state index < -0.39 is 12.2 Å². The van der Waals surface area contributed by atoms with Crippen LogP contribution >= 0.6 is 0 Å². The van der Waals surface area contributed by atoms with Gasteiger partial charge in [-0.15, -0.1) is 0 Å². The number of carbonyl (C=O) groups is 1. The van der Waals surface area contributed by atoms with E-state index >= 15 is 0 Å². The Hall–Kier alpha value is -1.55. The van der Waals surface area contributed by atoms with Crippen LogP contribution in [0.25, 0.3) is 0 Å². The highest BCUT2D eigenvalue weighted by Gasteiger charge is 2.19. The molecule has 0 bridgehead atoms. The van der Waals surface area contributed by atoms with Crippen LogP contribution in [0.2, 0.25) is 0 Å². The number of aliphatic hydroxyl groups excluding tert-OH is 1. The molecular weight excluding hydrogens is 266 g/mol. The molecule has 0 aliphatic carbocycles. The number of aryl methyl sites for hydroxylation is 1. The molecule has 0 heterocycles. The van der Waals surface area contributed by atoms with Crippen LogP contribution in [-0.4, -0.2) is 23.2 Å². The number of hydrogen-bond acceptors (Lipinski definition) is 3. The SMILES string of the molecule is CCCC(C)NC(=O)C(C)Oc1cc(C)ccc1[C@H](C)O. The van der Waals surface area contributed by atoms with Gasteiger partial charge in [-0.3, -0.25) is 4.79 Å². The predicted molar refractivity (Wildman–Crippen MR) is 84.4 cm³/mol. The summed E-state index contributed by atoms with van der Waals surface area (Å²) in [6.45, 7) is 9.44. The second kappa shape index (κ2) is 8.03. The van der Waals surface area contributed by atoms with Crippen molar-refractivity contribution in [1.29, 1.82) is 0 Å². The second-order valence-corrected chi connectivity index (χ2v) is 5.68. The van der Waals surface area contributed by atoms with E-state index in [2.05, 4.69) is 12.2 Å². The standard InChI is InChI=1S/C17H27NO3/c1-6-7-12(3)18-17(20)14(5)21-16-10-11(2)8-9-15(16)13(4)19/h8-10,12-14,19H,6-7H2,1-5H3,(H,18,20)/t12?,13-,14?/m0/s1. The number of nitrogens with one attached hydrogen (secondary N) is 1. The molecule has 0 saturated heterocycles. The third-order valence-electron chi connectivity index (χ3n) is 3.40. The summed E-state index contributed by atoms with van der Waals surface area (Å²) in [5.41, 5.74) is 1.73. The van der Waals surface area contributed by atoms with Crippen molar-refractivity contribution in [3.05, 3.63) is 29.3 Å². The lowest BCUT2D eigenvalue weighted by molar-refractivity contribution is -0.128. The molecule has 0 aliphatic rings. The van der Waals surface area contributed by atoms with Crippen molar-refractivity contribution >= 4 is 5.91 Å². The molecule has 4 nitrogen and oxygen atoms in total. The fourth-order valence-electron chi connectivity index (χ4n) is 2.20. The summed E-state index contributed by atoms with van der Waals surface area (Å²) >= 11 is 0. The van der Waals surface area contributed by atoms with E-state index in [1.165, 1.54) is 0 Å². The van der Waals surface area contributed by atoms with Crippen LogP contribution in [0, 0.1) is 6.92 Å². The van der Waals surface area contributed by atoms with E-state index in [0.29, 0.717) is 11.3 Å². The van der Waals surface area contributed by atoms with Crippen LogP contribution in [0.5, 0.6) is 5.75 Å². The molecule has 21 heavy (non-hydrogen) atoms. The highest BCUT2D eigenvalue weighted by atomic mass is 16.5. The van der Waals surface area contributed by atoms with E-state index in [1.54, 1.807) is 13.8 Å². The zero-order valence-electron chi connectivity index (χ0n) is 13.6. The van der Waals surface area contributed by atoms with Gasteiger partial charge in [-0.1, -0.05) is 25.5 Å². The number of ether oxygens (including phenoxy) is 1. The van der Waals surface area contributed by atoms with E-state index in [-0.39, 0.29) is 11.9 Å². The van der Waals surface area contributed by atoms with Crippen molar-refractivity contribution in [2.75, 3.05) is 0 Å². The van der Waals surface area contributed by atoms with Crippen LogP contribution < -0.4 is 10.1 Å². The monoisotopic (exact) mass is 293 g/mol. The quantitative estimate of drug-likeness (QED) is 0.812. The molecular formula is C17H27NO3. The molecule has 118 valence electrons. The number of aliphatic hydroxyl groups is 1. The maximum absolute atomic E-state index is 12.1. The molecule has 1 amide bonds. The smallest absolute Gasteiger partial charge is 0.260 e. The van der Waals surface area contributed by atoms with Gasteiger partial charge >= 0.3 is 0 Å². The highest BCUT2D eigenvalue weighted by molar-refractivity contribution is 5.81. The molecule has 0 aromatic heterocycles. The highest BCUT2D eigenvalue weighted by Crippen LogP contribution is 2.27. The molecule has 1 rings (SSSR count). The molecule has 0 spiro atoms. The fourth-order valence-corrected chi connectivity index (χ4v) is 2.20. The van der Waals surface area contributed by atoms with E-state index in [4.69, 9.17) is 4.74 Å². The van der Waals surface area contributed by atoms with Crippen LogP contribution in [0.1, 0.15) is 57.8 Å². The van der Waals surface area contributed by atoms with E-state index in [1.807, 2.05) is 32.0 Å². The first-order valence-electron chi connectivity index (χ1n) is 7.60. The summed E-state index contributed by atoms with van der Waals surface area (Å²) < 4.78 is 5.76. The average molecular weight is 293 g/mol. The maximum atomic E-state index is 12.1. The van der Waals surface area contributed by atoms with Gasteiger partial charge in [0.15, 0.2) is 6.10 Å². The Morgan fingerprint density at radius 2 is 2.00 bits per heavy atom. The number of amides is 1. The normalized spacial score (nSPS) is 15.1. The number of benzene rings is 1. The van der Waals surface area contributed by atoms with Crippen molar-refractivity contribution in [2.45, 2.75) is 65.7 Å². The first-order valence-corrected chi connectivity index (χ1v) is 7.60. The van der Waals surface area contributed by atoms with Crippen molar-refractivity contribution in [3.8, 4) is 5.75 Å². The molecule has 0 saturated carbocycles. The maximum Gasteiger partial charge on any atom is 0.260 e. The van der Waals surface area contributed by atoms with Gasteiger partial charge in [0.05, 0.1) is 6.10 Å². The Labute approximate surface area is 127 Å². The Kier molecular flexibility index (Phi) is 6.69.